The molecule has 7 nitrogen and oxygen atoms in total. The van der Waals surface area contributed by atoms with Crippen LogP contribution in [0.4, 0.5) is 26.3 Å². The highest BCUT2D eigenvalue weighted by Gasteiger charge is 2.40. The van der Waals surface area contributed by atoms with Crippen molar-refractivity contribution in [2.75, 3.05) is 6.54 Å². The second kappa shape index (κ2) is 13.8. The SMILES string of the molecule is CCCC(NC(=O)C(CC(F)(F)Cc1ccc(F)cc1)NCC(F)(F)Oc1ccc(F)cc1)C(=O)C(=O)NC1CC1. The molecule has 13 heteroatoms. The first-order valence-corrected chi connectivity index (χ1v) is 13.1. The summed E-state index contributed by atoms with van der Waals surface area (Å²) in [5.41, 5.74) is 0.0383. The van der Waals surface area contributed by atoms with Gasteiger partial charge in [-0.3, -0.25) is 19.7 Å². The molecule has 1 saturated carbocycles. The van der Waals surface area contributed by atoms with Gasteiger partial charge >= 0.3 is 6.11 Å². The lowest BCUT2D eigenvalue weighted by Gasteiger charge is -2.27. The van der Waals surface area contributed by atoms with E-state index in [1.165, 1.54) is 0 Å². The predicted molar refractivity (Wildman–Crippen MR) is 136 cm³/mol. The molecule has 224 valence electrons. The predicted octanol–water partition coefficient (Wildman–Crippen LogP) is 4.30. The fourth-order valence-corrected chi connectivity index (χ4v) is 3.95. The molecule has 3 rings (SSSR count). The maximum atomic E-state index is 15.0. The lowest BCUT2D eigenvalue weighted by atomic mass is 9.99. The van der Waals surface area contributed by atoms with Crippen molar-refractivity contribution in [1.82, 2.24) is 16.0 Å². The van der Waals surface area contributed by atoms with Gasteiger partial charge in [0.2, 0.25) is 11.7 Å². The van der Waals surface area contributed by atoms with Crippen LogP contribution in [0.25, 0.3) is 0 Å². The number of carbonyl (C=O) groups excluding carboxylic acids is 3. The van der Waals surface area contributed by atoms with Crippen LogP contribution in [0.3, 0.4) is 0 Å². The van der Waals surface area contributed by atoms with Crippen LogP contribution in [0.15, 0.2) is 48.5 Å². The molecule has 2 aromatic rings. The third-order valence-corrected chi connectivity index (χ3v) is 6.18. The second-order valence-electron chi connectivity index (χ2n) is 9.95. The standard InChI is InChI=1S/C28H31F6N3O4/c1-2-3-22(24(38)26(40)36-20-10-11-20)37-25(39)23(15-27(31,32)14-17-4-6-18(29)7-5-17)35-16-28(33,34)41-21-12-8-19(30)9-13-21/h4-9,12-13,20,22-23,35H,2-3,10-11,14-16H2,1H3,(H,36,40)(H,37,39). The number of amides is 2. The summed E-state index contributed by atoms with van der Waals surface area (Å²) >= 11 is 0. The molecule has 0 saturated heterocycles. The second-order valence-corrected chi connectivity index (χ2v) is 9.95. The van der Waals surface area contributed by atoms with Crippen molar-refractivity contribution in [3.8, 4) is 5.75 Å². The Labute approximate surface area is 233 Å². The molecule has 0 aliphatic heterocycles. The minimum absolute atomic E-state index is 0.00515. The highest BCUT2D eigenvalue weighted by molar-refractivity contribution is 6.38. The van der Waals surface area contributed by atoms with E-state index in [1.54, 1.807) is 6.92 Å². The first-order chi connectivity index (χ1) is 19.3. The van der Waals surface area contributed by atoms with Gasteiger partial charge in [-0.05, 0) is 61.2 Å². The number of Topliss-reactive ketones (excluding diaryl/α,β-unsaturated/α-hetero) is 1. The number of nitrogens with one attached hydrogen (secondary N) is 3. The summed E-state index contributed by atoms with van der Waals surface area (Å²) in [6.07, 6.45) is -4.46. The van der Waals surface area contributed by atoms with E-state index in [9.17, 15) is 31.9 Å². The zero-order chi connectivity index (χ0) is 30.2. The Morgan fingerprint density at radius 3 is 2.07 bits per heavy atom. The van der Waals surface area contributed by atoms with Gasteiger partial charge in [0.1, 0.15) is 23.9 Å². The molecular formula is C28H31F6N3O4. The molecule has 2 amide bonds. The highest BCUT2D eigenvalue weighted by Crippen LogP contribution is 2.27. The molecule has 3 N–H and O–H groups in total. The number of ketones is 1. The van der Waals surface area contributed by atoms with Crippen LogP contribution in [0.1, 0.15) is 44.6 Å². The van der Waals surface area contributed by atoms with Gasteiger partial charge in [-0.25, -0.2) is 17.6 Å². The van der Waals surface area contributed by atoms with Crippen LogP contribution in [-0.4, -0.2) is 54.3 Å². The van der Waals surface area contributed by atoms with E-state index in [2.05, 4.69) is 20.7 Å². The smallest absolute Gasteiger partial charge is 0.410 e. The molecule has 0 bridgehead atoms. The van der Waals surface area contributed by atoms with E-state index in [0.717, 1.165) is 48.5 Å². The zero-order valence-electron chi connectivity index (χ0n) is 22.2. The maximum absolute atomic E-state index is 15.0. The fraction of sp³-hybridized carbons (Fsp3) is 0.464. The average molecular weight is 588 g/mol. The summed E-state index contributed by atoms with van der Waals surface area (Å²) in [4.78, 5) is 38.0. The van der Waals surface area contributed by atoms with E-state index >= 15 is 8.78 Å². The molecule has 2 atom stereocenters. The Morgan fingerprint density at radius 2 is 1.51 bits per heavy atom. The molecule has 2 unspecified atom stereocenters. The van der Waals surface area contributed by atoms with Gasteiger partial charge in [0, 0.05) is 18.9 Å². The van der Waals surface area contributed by atoms with Gasteiger partial charge in [-0.15, -0.1) is 0 Å². The maximum Gasteiger partial charge on any atom is 0.410 e. The van der Waals surface area contributed by atoms with E-state index in [1.807, 2.05) is 0 Å². The third-order valence-electron chi connectivity index (χ3n) is 6.18. The third kappa shape index (κ3) is 10.7. The summed E-state index contributed by atoms with van der Waals surface area (Å²) in [7, 11) is 0. The van der Waals surface area contributed by atoms with Crippen LogP contribution in [0, 0.1) is 11.6 Å². The minimum Gasteiger partial charge on any atom is -0.432 e. The Balaban J connectivity index is 1.75. The van der Waals surface area contributed by atoms with Gasteiger partial charge in [-0.1, -0.05) is 25.5 Å². The largest absolute Gasteiger partial charge is 0.432 e. The van der Waals surface area contributed by atoms with E-state index in [4.69, 9.17) is 0 Å². The van der Waals surface area contributed by atoms with Crippen molar-refractivity contribution in [3.63, 3.8) is 0 Å². The number of carbonyl (C=O) groups is 3. The van der Waals surface area contributed by atoms with Crippen molar-refractivity contribution in [1.29, 1.82) is 0 Å². The van der Waals surface area contributed by atoms with E-state index < -0.39 is 78.5 Å². The number of rotatable bonds is 16. The summed E-state index contributed by atoms with van der Waals surface area (Å²) in [6, 6.07) is 4.41. The van der Waals surface area contributed by atoms with Crippen molar-refractivity contribution in [2.24, 2.45) is 0 Å². The van der Waals surface area contributed by atoms with Crippen LogP contribution in [-0.2, 0) is 20.8 Å². The quantitative estimate of drug-likeness (QED) is 0.201. The van der Waals surface area contributed by atoms with Gasteiger partial charge in [0.25, 0.3) is 11.8 Å². The molecule has 2 aromatic carbocycles. The molecule has 0 radical (unpaired) electrons. The fourth-order valence-electron chi connectivity index (χ4n) is 3.95. The van der Waals surface area contributed by atoms with Crippen LogP contribution < -0.4 is 20.7 Å². The Bertz CT molecular complexity index is 1190. The molecule has 0 spiro atoms. The van der Waals surface area contributed by atoms with Gasteiger partial charge in [0.15, 0.2) is 0 Å². The zero-order valence-corrected chi connectivity index (χ0v) is 22.2. The summed E-state index contributed by atoms with van der Waals surface area (Å²) in [6.45, 7) is 0.273. The Morgan fingerprint density at radius 1 is 0.927 bits per heavy atom. The van der Waals surface area contributed by atoms with Crippen LogP contribution in [0.5, 0.6) is 5.75 Å². The summed E-state index contributed by atoms with van der Waals surface area (Å²) < 4.78 is 90.0. The van der Waals surface area contributed by atoms with Crippen LogP contribution >= 0.6 is 0 Å². The van der Waals surface area contributed by atoms with Crippen molar-refractivity contribution in [3.05, 3.63) is 65.7 Å². The topological polar surface area (TPSA) is 96.5 Å². The number of hydrogen-bond donors (Lipinski definition) is 3. The molecular weight excluding hydrogens is 556 g/mol. The number of hydrogen-bond acceptors (Lipinski definition) is 5. The van der Waals surface area contributed by atoms with Crippen LogP contribution in [0.2, 0.25) is 0 Å². The lowest BCUT2D eigenvalue weighted by Crippen LogP contribution is -2.56. The Kier molecular flexibility index (Phi) is 10.8. The van der Waals surface area contributed by atoms with Crippen molar-refractivity contribution >= 4 is 17.6 Å². The molecule has 1 fully saturated rings. The number of alkyl halides is 4. The van der Waals surface area contributed by atoms with Gasteiger partial charge in [0.05, 0.1) is 12.1 Å². The highest BCUT2D eigenvalue weighted by atomic mass is 19.3. The molecule has 1 aliphatic rings. The van der Waals surface area contributed by atoms with E-state index in [-0.39, 0.29) is 18.0 Å². The molecule has 0 aromatic heterocycles. The Hall–Kier alpha value is -3.61. The number of halogens is 6. The molecule has 1 aliphatic carbocycles. The van der Waals surface area contributed by atoms with Gasteiger partial charge in [-0.2, -0.15) is 8.78 Å². The number of benzene rings is 2. The molecule has 41 heavy (non-hydrogen) atoms. The number of ether oxygens (including phenoxy) is 1. The lowest BCUT2D eigenvalue weighted by molar-refractivity contribution is -0.174. The summed E-state index contributed by atoms with van der Waals surface area (Å²) in [5, 5.41) is 6.84. The van der Waals surface area contributed by atoms with Gasteiger partial charge < -0.3 is 15.4 Å². The monoisotopic (exact) mass is 587 g/mol. The molecule has 0 heterocycles. The van der Waals surface area contributed by atoms with E-state index in [0.29, 0.717) is 19.3 Å². The normalized spacial score (nSPS) is 15.1. The first-order valence-electron chi connectivity index (χ1n) is 13.1. The average Bonchev–Trinajstić information content (AvgIpc) is 3.72. The minimum atomic E-state index is -4.01. The first kappa shape index (κ1) is 31.9. The summed E-state index contributed by atoms with van der Waals surface area (Å²) in [5.74, 6) is -8.49. The van der Waals surface area contributed by atoms with Crippen molar-refractivity contribution < 1.29 is 45.5 Å². The van der Waals surface area contributed by atoms with Crippen molar-refractivity contribution in [2.45, 2.75) is 75.6 Å².